The van der Waals surface area contributed by atoms with Gasteiger partial charge in [0.15, 0.2) is 0 Å². The maximum atomic E-state index is 5.54. The molecule has 0 bridgehead atoms. The normalized spacial score (nSPS) is 11.3. The van der Waals surface area contributed by atoms with Crippen LogP contribution in [0.1, 0.15) is 24.0 Å². The fraction of sp³-hybridized carbons (Fsp3) is 0.429. The Kier molecular flexibility index (Phi) is 4.61. The molecule has 0 spiro atoms. The van der Waals surface area contributed by atoms with Crippen LogP contribution in [0.5, 0.6) is 0 Å². The largest absolute Gasteiger partial charge is 0.468 e. The van der Waals surface area contributed by atoms with Crippen LogP contribution < -0.4 is 5.32 Å². The van der Waals surface area contributed by atoms with Gasteiger partial charge in [0, 0.05) is 12.1 Å². The summed E-state index contributed by atoms with van der Waals surface area (Å²) in [6, 6.07) is 5.92. The molecule has 0 aliphatic heterocycles. The summed E-state index contributed by atoms with van der Waals surface area (Å²) in [5.74, 6) is 1.99. The van der Waals surface area contributed by atoms with Crippen molar-refractivity contribution in [1.29, 1.82) is 0 Å². The Morgan fingerprint density at radius 1 is 1.17 bits per heavy atom. The van der Waals surface area contributed by atoms with Crippen LogP contribution in [0.4, 0.5) is 0 Å². The van der Waals surface area contributed by atoms with Gasteiger partial charge in [0.1, 0.15) is 11.5 Å². The number of hydrogen-bond acceptors (Lipinski definition) is 4. The smallest absolute Gasteiger partial charge is 0.122 e. The summed E-state index contributed by atoms with van der Waals surface area (Å²) in [4.78, 5) is 2.17. The lowest BCUT2D eigenvalue weighted by molar-refractivity contribution is 0.263. The zero-order chi connectivity index (χ0) is 12.8. The standard InChI is InChI=1S/C14H20N2O2/c1-3-15-9-12-6-8-18-14(12)11-16(2)10-13-5-4-7-17-13/h4-8,15H,3,9-11H2,1-2H3. The average Bonchev–Trinajstić information content (AvgIpc) is 2.98. The fourth-order valence-corrected chi connectivity index (χ4v) is 1.89. The first-order valence-electron chi connectivity index (χ1n) is 6.26. The highest BCUT2D eigenvalue weighted by molar-refractivity contribution is 5.16. The van der Waals surface area contributed by atoms with Gasteiger partial charge in [-0.05, 0) is 31.8 Å². The minimum atomic E-state index is 0.786. The van der Waals surface area contributed by atoms with Crippen LogP contribution in [0.3, 0.4) is 0 Å². The van der Waals surface area contributed by atoms with Crippen LogP contribution in [0.15, 0.2) is 39.6 Å². The molecule has 0 aliphatic rings. The van der Waals surface area contributed by atoms with Crippen molar-refractivity contribution in [1.82, 2.24) is 10.2 Å². The van der Waals surface area contributed by atoms with Crippen LogP contribution >= 0.6 is 0 Å². The third-order valence-corrected chi connectivity index (χ3v) is 2.82. The van der Waals surface area contributed by atoms with Crippen LogP contribution in [0.2, 0.25) is 0 Å². The molecule has 2 heterocycles. The van der Waals surface area contributed by atoms with E-state index in [9.17, 15) is 0 Å². The number of hydrogen-bond donors (Lipinski definition) is 1. The molecule has 0 saturated heterocycles. The van der Waals surface area contributed by atoms with Crippen LogP contribution in [0, 0.1) is 0 Å². The van der Waals surface area contributed by atoms with Crippen molar-refractivity contribution in [2.75, 3.05) is 13.6 Å². The molecule has 0 aromatic carbocycles. The van der Waals surface area contributed by atoms with Crippen molar-refractivity contribution in [3.05, 3.63) is 47.8 Å². The van der Waals surface area contributed by atoms with Gasteiger partial charge in [0.2, 0.25) is 0 Å². The molecule has 0 radical (unpaired) electrons. The maximum absolute atomic E-state index is 5.54. The van der Waals surface area contributed by atoms with Gasteiger partial charge >= 0.3 is 0 Å². The molecular formula is C14H20N2O2. The molecule has 0 fully saturated rings. The van der Waals surface area contributed by atoms with E-state index >= 15 is 0 Å². The first kappa shape index (κ1) is 12.9. The van der Waals surface area contributed by atoms with E-state index in [2.05, 4.69) is 24.2 Å². The topological polar surface area (TPSA) is 41.6 Å². The lowest BCUT2D eigenvalue weighted by Crippen LogP contribution is -2.19. The second-order valence-electron chi connectivity index (χ2n) is 4.40. The first-order valence-corrected chi connectivity index (χ1v) is 6.26. The highest BCUT2D eigenvalue weighted by Crippen LogP contribution is 2.14. The van der Waals surface area contributed by atoms with Gasteiger partial charge in [-0.1, -0.05) is 6.92 Å². The number of nitrogens with one attached hydrogen (secondary N) is 1. The van der Waals surface area contributed by atoms with E-state index in [-0.39, 0.29) is 0 Å². The van der Waals surface area contributed by atoms with Crippen LogP contribution in [0.25, 0.3) is 0 Å². The van der Waals surface area contributed by atoms with Gasteiger partial charge in [0.05, 0.1) is 25.6 Å². The van der Waals surface area contributed by atoms with E-state index in [0.717, 1.165) is 37.7 Å². The Hall–Kier alpha value is -1.52. The Balaban J connectivity index is 1.90. The summed E-state index contributed by atoms with van der Waals surface area (Å²) >= 11 is 0. The van der Waals surface area contributed by atoms with E-state index in [1.54, 1.807) is 12.5 Å². The molecule has 0 unspecified atom stereocenters. The predicted octanol–water partition coefficient (Wildman–Crippen LogP) is 2.61. The van der Waals surface area contributed by atoms with E-state index in [0.29, 0.717) is 0 Å². The van der Waals surface area contributed by atoms with Crippen LogP contribution in [-0.4, -0.2) is 18.5 Å². The Morgan fingerprint density at radius 2 is 2.06 bits per heavy atom. The Labute approximate surface area is 108 Å². The summed E-state index contributed by atoms with van der Waals surface area (Å²) in [6.45, 7) is 5.50. The molecule has 0 saturated carbocycles. The maximum Gasteiger partial charge on any atom is 0.122 e. The minimum Gasteiger partial charge on any atom is -0.468 e. The first-order chi connectivity index (χ1) is 8.79. The van der Waals surface area contributed by atoms with E-state index in [1.807, 2.05) is 18.2 Å². The van der Waals surface area contributed by atoms with Gasteiger partial charge in [-0.15, -0.1) is 0 Å². The van der Waals surface area contributed by atoms with Crippen molar-refractivity contribution in [2.24, 2.45) is 0 Å². The molecule has 2 aromatic rings. The summed E-state index contributed by atoms with van der Waals surface area (Å²) in [5.41, 5.74) is 1.23. The third-order valence-electron chi connectivity index (χ3n) is 2.82. The van der Waals surface area contributed by atoms with Crippen molar-refractivity contribution in [3.63, 3.8) is 0 Å². The van der Waals surface area contributed by atoms with Crippen molar-refractivity contribution in [2.45, 2.75) is 26.6 Å². The predicted molar refractivity (Wildman–Crippen MR) is 70.0 cm³/mol. The second kappa shape index (κ2) is 6.42. The molecule has 4 nitrogen and oxygen atoms in total. The number of nitrogens with zero attached hydrogens (tertiary/aromatic N) is 1. The molecular weight excluding hydrogens is 228 g/mol. The summed E-state index contributed by atoms with van der Waals surface area (Å²) < 4.78 is 10.9. The second-order valence-corrected chi connectivity index (χ2v) is 4.40. The van der Waals surface area contributed by atoms with Gasteiger partial charge in [-0.25, -0.2) is 0 Å². The quantitative estimate of drug-likeness (QED) is 0.817. The van der Waals surface area contributed by atoms with Gasteiger partial charge in [-0.3, -0.25) is 4.90 Å². The van der Waals surface area contributed by atoms with Gasteiger partial charge in [0.25, 0.3) is 0 Å². The molecule has 0 amide bonds. The van der Waals surface area contributed by atoms with Crippen molar-refractivity contribution >= 4 is 0 Å². The highest BCUT2D eigenvalue weighted by atomic mass is 16.3. The lowest BCUT2D eigenvalue weighted by atomic mass is 10.2. The molecule has 0 atom stereocenters. The van der Waals surface area contributed by atoms with E-state index in [4.69, 9.17) is 8.83 Å². The molecule has 4 heteroatoms. The zero-order valence-electron chi connectivity index (χ0n) is 11.0. The summed E-state index contributed by atoms with van der Waals surface area (Å²) in [7, 11) is 2.06. The molecule has 18 heavy (non-hydrogen) atoms. The van der Waals surface area contributed by atoms with Gasteiger partial charge in [-0.2, -0.15) is 0 Å². The summed E-state index contributed by atoms with van der Waals surface area (Å²) in [6.07, 6.45) is 3.45. The van der Waals surface area contributed by atoms with Crippen LogP contribution in [-0.2, 0) is 19.6 Å². The van der Waals surface area contributed by atoms with E-state index in [1.165, 1.54) is 5.56 Å². The molecule has 2 aromatic heterocycles. The average molecular weight is 248 g/mol. The van der Waals surface area contributed by atoms with E-state index < -0.39 is 0 Å². The van der Waals surface area contributed by atoms with Crippen molar-refractivity contribution < 1.29 is 8.83 Å². The van der Waals surface area contributed by atoms with Gasteiger partial charge < -0.3 is 14.2 Å². The third kappa shape index (κ3) is 3.48. The molecule has 98 valence electrons. The highest BCUT2D eigenvalue weighted by Gasteiger charge is 2.10. The SMILES string of the molecule is CCNCc1ccoc1CN(C)Cc1ccco1. The summed E-state index contributed by atoms with van der Waals surface area (Å²) in [5, 5.41) is 3.31. The lowest BCUT2D eigenvalue weighted by Gasteiger charge is -2.14. The zero-order valence-corrected chi connectivity index (χ0v) is 11.0. The number of furan rings is 2. The number of rotatable bonds is 7. The monoisotopic (exact) mass is 248 g/mol. The molecule has 0 aliphatic carbocycles. The fourth-order valence-electron chi connectivity index (χ4n) is 1.89. The Morgan fingerprint density at radius 3 is 2.78 bits per heavy atom. The molecule has 1 N–H and O–H groups in total. The Bertz CT molecular complexity index is 448. The van der Waals surface area contributed by atoms with Crippen molar-refractivity contribution in [3.8, 4) is 0 Å². The minimum absolute atomic E-state index is 0.786. The molecule has 2 rings (SSSR count).